The Labute approximate surface area is 126 Å². The molecule has 0 spiro atoms. The number of aliphatic hydroxyl groups excluding tert-OH is 2. The Morgan fingerprint density at radius 3 is 2.86 bits per heavy atom. The minimum absolute atomic E-state index is 0.0250. The van der Waals surface area contributed by atoms with Gasteiger partial charge in [-0.2, -0.15) is 0 Å². The highest BCUT2D eigenvalue weighted by Crippen LogP contribution is 2.36. The Balaban J connectivity index is 2.10. The summed E-state index contributed by atoms with van der Waals surface area (Å²) in [4.78, 5) is 11.8. The van der Waals surface area contributed by atoms with Gasteiger partial charge in [-0.25, -0.2) is 4.79 Å². The molecule has 0 radical (unpaired) electrons. The zero-order chi connectivity index (χ0) is 15.2. The van der Waals surface area contributed by atoms with Crippen molar-refractivity contribution in [3.8, 4) is 0 Å². The monoisotopic (exact) mass is 294 g/mol. The number of rotatable bonds is 1. The zero-order valence-electron chi connectivity index (χ0n) is 12.6. The first kappa shape index (κ1) is 16.2. The van der Waals surface area contributed by atoms with Crippen LogP contribution in [0.2, 0.25) is 0 Å². The van der Waals surface area contributed by atoms with Gasteiger partial charge in [0.25, 0.3) is 0 Å². The molecule has 4 heteroatoms. The van der Waals surface area contributed by atoms with Crippen LogP contribution in [0.3, 0.4) is 0 Å². The molecule has 0 aromatic rings. The van der Waals surface area contributed by atoms with Gasteiger partial charge >= 0.3 is 5.97 Å². The standard InChI is InChI=1S/C17H26O4/c1-2-14-7-5-3-4-6-12-10-13(18)11-15(12)16(19)8-9-17(20)21-14/h4,6,8-9,12-16,18-19H,2-3,5,7,10-11H2,1H3/b6-4+,9-8+/t12-,13+,14-,15-,16-/m1/s1. The molecule has 1 aliphatic heterocycles. The van der Waals surface area contributed by atoms with Crippen molar-refractivity contribution in [2.24, 2.45) is 11.8 Å². The van der Waals surface area contributed by atoms with Gasteiger partial charge in [-0.05, 0) is 56.4 Å². The van der Waals surface area contributed by atoms with E-state index in [9.17, 15) is 15.0 Å². The van der Waals surface area contributed by atoms with Gasteiger partial charge in [-0.1, -0.05) is 19.1 Å². The van der Waals surface area contributed by atoms with Crippen LogP contribution < -0.4 is 0 Å². The van der Waals surface area contributed by atoms with E-state index >= 15 is 0 Å². The van der Waals surface area contributed by atoms with Crippen molar-refractivity contribution >= 4 is 5.97 Å². The van der Waals surface area contributed by atoms with E-state index < -0.39 is 6.10 Å². The van der Waals surface area contributed by atoms with E-state index in [-0.39, 0.29) is 30.0 Å². The molecule has 1 aliphatic carbocycles. The summed E-state index contributed by atoms with van der Waals surface area (Å²) in [5.41, 5.74) is 0. The maximum absolute atomic E-state index is 11.8. The number of allylic oxidation sites excluding steroid dienone is 2. The van der Waals surface area contributed by atoms with Gasteiger partial charge in [0, 0.05) is 6.08 Å². The van der Waals surface area contributed by atoms with Crippen LogP contribution in [0.1, 0.15) is 45.4 Å². The summed E-state index contributed by atoms with van der Waals surface area (Å²) in [6.07, 6.45) is 10.8. The number of ether oxygens (including phenoxy) is 1. The molecule has 2 rings (SSSR count). The first-order valence-corrected chi connectivity index (χ1v) is 8.01. The number of hydrogen-bond donors (Lipinski definition) is 2. The van der Waals surface area contributed by atoms with Crippen LogP contribution in [0.4, 0.5) is 0 Å². The van der Waals surface area contributed by atoms with Gasteiger partial charge < -0.3 is 14.9 Å². The number of aliphatic hydroxyl groups is 2. The van der Waals surface area contributed by atoms with Gasteiger partial charge in [0.2, 0.25) is 0 Å². The van der Waals surface area contributed by atoms with E-state index in [0.29, 0.717) is 12.8 Å². The van der Waals surface area contributed by atoms with E-state index in [4.69, 9.17) is 4.74 Å². The van der Waals surface area contributed by atoms with Crippen molar-refractivity contribution in [1.82, 2.24) is 0 Å². The fourth-order valence-corrected chi connectivity index (χ4v) is 3.29. The summed E-state index contributed by atoms with van der Waals surface area (Å²) in [5, 5.41) is 20.1. The van der Waals surface area contributed by atoms with Crippen LogP contribution in [0.15, 0.2) is 24.3 Å². The molecule has 2 aliphatic rings. The fourth-order valence-electron chi connectivity index (χ4n) is 3.29. The molecule has 0 saturated heterocycles. The predicted octanol–water partition coefficient (Wildman–Crippen LogP) is 2.35. The van der Waals surface area contributed by atoms with Crippen molar-refractivity contribution in [2.75, 3.05) is 0 Å². The van der Waals surface area contributed by atoms with E-state index in [1.54, 1.807) is 0 Å². The Hall–Kier alpha value is -1.13. The minimum Gasteiger partial charge on any atom is -0.459 e. The molecule has 5 atom stereocenters. The minimum atomic E-state index is -0.717. The smallest absolute Gasteiger partial charge is 0.330 e. The number of cyclic esters (lactones) is 1. The second kappa shape index (κ2) is 7.76. The van der Waals surface area contributed by atoms with Crippen molar-refractivity contribution in [1.29, 1.82) is 0 Å². The molecular formula is C17H26O4. The SMILES string of the molecule is CC[C@@H]1CCC/C=C/[C@@H]2C[C@H](O)C[C@H]2[C@H](O)/C=C/C(=O)O1. The number of fused-ring (bicyclic) bond motifs is 1. The van der Waals surface area contributed by atoms with Crippen LogP contribution in [0, 0.1) is 11.8 Å². The van der Waals surface area contributed by atoms with Gasteiger partial charge in [-0.15, -0.1) is 0 Å². The van der Waals surface area contributed by atoms with Gasteiger partial charge in [0.1, 0.15) is 6.10 Å². The van der Waals surface area contributed by atoms with E-state index in [2.05, 4.69) is 12.2 Å². The van der Waals surface area contributed by atoms with Crippen LogP contribution in [0.5, 0.6) is 0 Å². The van der Waals surface area contributed by atoms with Crippen molar-refractivity contribution in [3.63, 3.8) is 0 Å². The molecule has 21 heavy (non-hydrogen) atoms. The quantitative estimate of drug-likeness (QED) is 0.575. The summed E-state index contributed by atoms with van der Waals surface area (Å²) >= 11 is 0. The Morgan fingerprint density at radius 2 is 2.10 bits per heavy atom. The zero-order valence-corrected chi connectivity index (χ0v) is 12.6. The van der Waals surface area contributed by atoms with Gasteiger partial charge in [0.15, 0.2) is 0 Å². The summed E-state index contributed by atoms with van der Waals surface area (Å²) in [6, 6.07) is 0. The van der Waals surface area contributed by atoms with Crippen molar-refractivity contribution in [2.45, 2.75) is 63.8 Å². The van der Waals surface area contributed by atoms with Gasteiger partial charge in [0.05, 0.1) is 12.2 Å². The third-order valence-corrected chi connectivity index (χ3v) is 4.52. The van der Waals surface area contributed by atoms with E-state index in [1.165, 1.54) is 12.2 Å². The molecule has 0 bridgehead atoms. The maximum atomic E-state index is 11.8. The Morgan fingerprint density at radius 1 is 1.29 bits per heavy atom. The summed E-state index contributed by atoms with van der Waals surface area (Å²) < 4.78 is 5.38. The lowest BCUT2D eigenvalue weighted by Gasteiger charge is -2.19. The Bertz CT molecular complexity index is 402. The molecule has 0 aromatic heterocycles. The normalized spacial score (nSPS) is 41.1. The number of hydrogen-bond acceptors (Lipinski definition) is 4. The predicted molar refractivity (Wildman–Crippen MR) is 80.5 cm³/mol. The highest BCUT2D eigenvalue weighted by Gasteiger charge is 2.35. The van der Waals surface area contributed by atoms with Crippen molar-refractivity contribution in [3.05, 3.63) is 24.3 Å². The largest absolute Gasteiger partial charge is 0.459 e. The average molecular weight is 294 g/mol. The van der Waals surface area contributed by atoms with Crippen LogP contribution in [-0.4, -0.2) is 34.5 Å². The molecule has 1 saturated carbocycles. The summed E-state index contributed by atoms with van der Waals surface area (Å²) in [6.45, 7) is 2.01. The molecular weight excluding hydrogens is 268 g/mol. The Kier molecular flexibility index (Phi) is 6.00. The lowest BCUT2D eigenvalue weighted by atomic mass is 9.90. The van der Waals surface area contributed by atoms with Crippen LogP contribution in [0.25, 0.3) is 0 Å². The summed E-state index contributed by atoms with van der Waals surface area (Å²) in [7, 11) is 0. The van der Waals surface area contributed by atoms with Gasteiger partial charge in [-0.3, -0.25) is 0 Å². The van der Waals surface area contributed by atoms with Crippen molar-refractivity contribution < 1.29 is 19.7 Å². The second-order valence-corrected chi connectivity index (χ2v) is 6.13. The molecule has 2 N–H and O–H groups in total. The average Bonchev–Trinajstić information content (AvgIpc) is 2.83. The highest BCUT2D eigenvalue weighted by atomic mass is 16.5. The molecule has 0 amide bonds. The molecule has 0 unspecified atom stereocenters. The third kappa shape index (κ3) is 4.68. The fraction of sp³-hybridized carbons (Fsp3) is 0.706. The molecule has 118 valence electrons. The van der Waals surface area contributed by atoms with E-state index in [1.807, 2.05) is 6.92 Å². The lowest BCUT2D eigenvalue weighted by Crippen LogP contribution is -2.22. The van der Waals surface area contributed by atoms with Crippen LogP contribution >= 0.6 is 0 Å². The molecule has 0 aromatic carbocycles. The van der Waals surface area contributed by atoms with Crippen LogP contribution in [-0.2, 0) is 9.53 Å². The number of carbonyl (C=O) groups is 1. The highest BCUT2D eigenvalue weighted by molar-refractivity contribution is 5.82. The first-order valence-electron chi connectivity index (χ1n) is 8.01. The first-order chi connectivity index (χ1) is 10.1. The maximum Gasteiger partial charge on any atom is 0.330 e. The van der Waals surface area contributed by atoms with E-state index in [0.717, 1.165) is 25.7 Å². The summed E-state index contributed by atoms with van der Waals surface area (Å²) in [5.74, 6) is -0.232. The number of esters is 1. The molecule has 1 heterocycles. The lowest BCUT2D eigenvalue weighted by molar-refractivity contribution is -0.143. The molecule has 4 nitrogen and oxygen atoms in total. The second-order valence-electron chi connectivity index (χ2n) is 6.13. The third-order valence-electron chi connectivity index (χ3n) is 4.52. The molecule has 1 fully saturated rings. The topological polar surface area (TPSA) is 66.8 Å². The number of carbonyl (C=O) groups excluding carboxylic acids is 1.